The molecule has 2 heteroatoms. The molecule has 1 aliphatic rings. The van der Waals surface area contributed by atoms with Crippen LogP contribution in [0, 0.1) is 0 Å². The van der Waals surface area contributed by atoms with Gasteiger partial charge in [-0.05, 0) is 27.7 Å². The third-order valence-corrected chi connectivity index (χ3v) is 6.38. The first kappa shape index (κ1) is 13.6. The summed E-state index contributed by atoms with van der Waals surface area (Å²) in [6.07, 6.45) is 9.05. The molecule has 98 valence electrons. The van der Waals surface area contributed by atoms with Crippen LogP contribution in [0.2, 0.25) is 0 Å². The fraction of sp³-hybridized carbons (Fsp3) is 0.438. The van der Waals surface area contributed by atoms with Crippen molar-refractivity contribution in [1.29, 1.82) is 0 Å². The third-order valence-electron chi connectivity index (χ3n) is 3.23. The van der Waals surface area contributed by atoms with Gasteiger partial charge in [-0.2, -0.15) is 23.5 Å². The number of allylic oxidation sites excluding steroid dienone is 4. The lowest BCUT2D eigenvalue weighted by molar-refractivity contribution is 0.324. The molecule has 0 bridgehead atoms. The average Bonchev–Trinajstić information content (AvgIpc) is 2.98. The normalized spacial score (nSPS) is 17.5. The first-order valence-electron chi connectivity index (χ1n) is 6.75. The molecule has 1 aromatic rings. The Morgan fingerprint density at radius 3 is 2.17 bits per heavy atom. The largest absolute Gasteiger partial charge is 0.284 e. The topological polar surface area (TPSA) is 3.24 Å². The summed E-state index contributed by atoms with van der Waals surface area (Å²) in [5, 5.41) is 1.49. The molecule has 0 fully saturated rings. The molecule has 0 heterocycles. The summed E-state index contributed by atoms with van der Waals surface area (Å²) >= 11 is 0. The molecule has 2 rings (SSSR count). The van der Waals surface area contributed by atoms with E-state index < -0.39 is 0 Å². The molecule has 0 radical (unpaired) electrons. The Bertz CT molecular complexity index is 394. The van der Waals surface area contributed by atoms with Gasteiger partial charge in [-0.3, -0.25) is 4.67 Å². The standard InChI is InChI=1S/C16H23NP/c1-13(2)17(14(3)4)18(15-9-5-6-10-15)16-11-7-8-12-16/h5-15H,1-4H3/q-1. The van der Waals surface area contributed by atoms with Crippen LogP contribution in [0.3, 0.4) is 0 Å². The summed E-state index contributed by atoms with van der Waals surface area (Å²) in [6, 6.07) is 10.0. The van der Waals surface area contributed by atoms with E-state index in [1.54, 1.807) is 0 Å². The van der Waals surface area contributed by atoms with E-state index in [4.69, 9.17) is 0 Å². The molecule has 0 aromatic heterocycles. The van der Waals surface area contributed by atoms with E-state index in [2.05, 4.69) is 80.9 Å². The van der Waals surface area contributed by atoms with E-state index in [0.717, 1.165) is 0 Å². The SMILES string of the molecule is CC(C)N(C(C)C)P(c1cc[cH-]c1)C1C=CC=C1. The van der Waals surface area contributed by atoms with Crippen molar-refractivity contribution in [3.8, 4) is 0 Å². The summed E-state index contributed by atoms with van der Waals surface area (Å²) < 4.78 is 2.68. The van der Waals surface area contributed by atoms with Crippen molar-refractivity contribution in [3.05, 3.63) is 48.6 Å². The van der Waals surface area contributed by atoms with Crippen molar-refractivity contribution < 1.29 is 0 Å². The summed E-state index contributed by atoms with van der Waals surface area (Å²) in [7, 11) is -0.302. The lowest BCUT2D eigenvalue weighted by atomic mass is 10.3. The minimum atomic E-state index is -0.302. The van der Waals surface area contributed by atoms with Crippen LogP contribution in [-0.4, -0.2) is 22.4 Å². The molecule has 1 aromatic carbocycles. The van der Waals surface area contributed by atoms with Crippen LogP contribution in [0.5, 0.6) is 0 Å². The molecule has 0 amide bonds. The van der Waals surface area contributed by atoms with Gasteiger partial charge in [-0.15, -0.1) is 0 Å². The predicted molar refractivity (Wildman–Crippen MR) is 82.8 cm³/mol. The Balaban J connectivity index is 2.34. The number of hydrogen-bond acceptors (Lipinski definition) is 1. The van der Waals surface area contributed by atoms with Gasteiger partial charge < -0.3 is 0 Å². The maximum atomic E-state index is 2.68. The van der Waals surface area contributed by atoms with Gasteiger partial charge in [0.2, 0.25) is 0 Å². The fourth-order valence-electron chi connectivity index (χ4n) is 2.65. The molecule has 0 saturated heterocycles. The monoisotopic (exact) mass is 260 g/mol. The van der Waals surface area contributed by atoms with Crippen LogP contribution in [0.25, 0.3) is 0 Å². The molecule has 1 aliphatic carbocycles. The van der Waals surface area contributed by atoms with Crippen molar-refractivity contribution in [2.75, 3.05) is 0 Å². The third kappa shape index (κ3) is 2.79. The lowest BCUT2D eigenvalue weighted by Gasteiger charge is -2.43. The highest BCUT2D eigenvalue weighted by molar-refractivity contribution is 7.64. The highest BCUT2D eigenvalue weighted by atomic mass is 31.1. The maximum Gasteiger partial charge on any atom is 0.0215 e. The van der Waals surface area contributed by atoms with Gasteiger partial charge in [0.25, 0.3) is 0 Å². The number of hydrogen-bond donors (Lipinski definition) is 0. The van der Waals surface area contributed by atoms with Crippen LogP contribution < -0.4 is 5.30 Å². The second-order valence-corrected chi connectivity index (χ2v) is 7.58. The van der Waals surface area contributed by atoms with E-state index in [9.17, 15) is 0 Å². The molecular weight excluding hydrogens is 237 g/mol. The second kappa shape index (κ2) is 5.91. The average molecular weight is 260 g/mol. The molecule has 0 aliphatic heterocycles. The molecule has 0 spiro atoms. The van der Waals surface area contributed by atoms with Gasteiger partial charge in [-0.1, -0.05) is 32.4 Å². The van der Waals surface area contributed by atoms with Crippen molar-refractivity contribution >= 4 is 13.4 Å². The first-order valence-corrected chi connectivity index (χ1v) is 8.12. The summed E-state index contributed by atoms with van der Waals surface area (Å²) in [5.74, 6) is 0. The molecule has 18 heavy (non-hydrogen) atoms. The molecule has 1 nitrogen and oxygen atoms in total. The van der Waals surface area contributed by atoms with Crippen LogP contribution >= 0.6 is 8.07 Å². The molecule has 0 N–H and O–H groups in total. The minimum Gasteiger partial charge on any atom is -0.284 e. The summed E-state index contributed by atoms with van der Waals surface area (Å²) in [4.78, 5) is 0. The van der Waals surface area contributed by atoms with E-state index in [1.807, 2.05) is 0 Å². The Labute approximate surface area is 112 Å². The predicted octanol–water partition coefficient (Wildman–Crippen LogP) is 4.04. The van der Waals surface area contributed by atoms with Gasteiger partial charge in [0, 0.05) is 17.7 Å². The zero-order chi connectivity index (χ0) is 13.1. The Morgan fingerprint density at radius 1 is 1.11 bits per heavy atom. The fourth-order valence-corrected chi connectivity index (χ4v) is 5.57. The quantitative estimate of drug-likeness (QED) is 0.570. The molecule has 1 atom stereocenters. The zero-order valence-corrected chi connectivity index (χ0v) is 12.6. The maximum absolute atomic E-state index is 2.68. The van der Waals surface area contributed by atoms with Crippen molar-refractivity contribution in [2.45, 2.75) is 45.4 Å². The van der Waals surface area contributed by atoms with Crippen molar-refractivity contribution in [3.63, 3.8) is 0 Å². The smallest absolute Gasteiger partial charge is 0.0215 e. The van der Waals surface area contributed by atoms with Gasteiger partial charge in [0.05, 0.1) is 0 Å². The van der Waals surface area contributed by atoms with E-state index in [-0.39, 0.29) is 8.07 Å². The molecular formula is C16H23NP-. The number of nitrogens with zero attached hydrogens (tertiary/aromatic N) is 1. The van der Waals surface area contributed by atoms with Crippen molar-refractivity contribution in [2.24, 2.45) is 0 Å². The van der Waals surface area contributed by atoms with E-state index >= 15 is 0 Å². The minimum absolute atomic E-state index is 0.302. The van der Waals surface area contributed by atoms with Crippen LogP contribution in [0.1, 0.15) is 27.7 Å². The zero-order valence-electron chi connectivity index (χ0n) is 11.7. The lowest BCUT2D eigenvalue weighted by Crippen LogP contribution is -2.37. The van der Waals surface area contributed by atoms with Crippen LogP contribution in [-0.2, 0) is 0 Å². The van der Waals surface area contributed by atoms with E-state index in [1.165, 1.54) is 5.30 Å². The van der Waals surface area contributed by atoms with Gasteiger partial charge in [0.15, 0.2) is 0 Å². The van der Waals surface area contributed by atoms with Crippen LogP contribution in [0.15, 0.2) is 48.6 Å². The highest BCUT2D eigenvalue weighted by Crippen LogP contribution is 2.49. The first-order chi connectivity index (χ1) is 8.61. The Hall–Kier alpha value is -0.780. The molecule has 0 saturated carbocycles. The molecule has 1 unspecified atom stereocenters. The van der Waals surface area contributed by atoms with Crippen molar-refractivity contribution in [1.82, 2.24) is 4.67 Å². The highest BCUT2D eigenvalue weighted by Gasteiger charge is 2.26. The van der Waals surface area contributed by atoms with Gasteiger partial charge >= 0.3 is 0 Å². The van der Waals surface area contributed by atoms with Gasteiger partial charge in [0.1, 0.15) is 0 Å². The van der Waals surface area contributed by atoms with Crippen LogP contribution in [0.4, 0.5) is 0 Å². The van der Waals surface area contributed by atoms with E-state index in [0.29, 0.717) is 17.7 Å². The second-order valence-electron chi connectivity index (χ2n) is 5.32. The van der Waals surface area contributed by atoms with Gasteiger partial charge in [-0.25, -0.2) is 6.07 Å². The Kier molecular flexibility index (Phi) is 4.48. The Morgan fingerprint density at radius 2 is 1.72 bits per heavy atom. The number of rotatable bonds is 5. The summed E-state index contributed by atoms with van der Waals surface area (Å²) in [6.45, 7) is 9.22. The summed E-state index contributed by atoms with van der Waals surface area (Å²) in [5.41, 5.74) is 0.562.